The number of hydrogen-bond donors (Lipinski definition) is 1. The van der Waals surface area contributed by atoms with Gasteiger partial charge in [0.15, 0.2) is 0 Å². The number of rotatable bonds is 3. The highest BCUT2D eigenvalue weighted by atomic mass is 35.5. The number of halogens is 1. The summed E-state index contributed by atoms with van der Waals surface area (Å²) in [5.41, 5.74) is 1.43. The Kier molecular flexibility index (Phi) is 6.71. The molecule has 2 heterocycles. The van der Waals surface area contributed by atoms with E-state index in [0.29, 0.717) is 24.3 Å². The van der Waals surface area contributed by atoms with Gasteiger partial charge in [-0.1, -0.05) is 30.3 Å². The topological polar surface area (TPSA) is 32.3 Å². The third-order valence-corrected chi connectivity index (χ3v) is 4.94. The molecule has 2 fully saturated rings. The Morgan fingerprint density at radius 3 is 2.64 bits per heavy atom. The fraction of sp³-hybridized carbons (Fsp3) is 0.611. The number of nitrogens with one attached hydrogen (secondary N) is 1. The summed E-state index contributed by atoms with van der Waals surface area (Å²) in [5.74, 6) is 0.969. The van der Waals surface area contributed by atoms with Gasteiger partial charge >= 0.3 is 0 Å². The van der Waals surface area contributed by atoms with Gasteiger partial charge in [-0.2, -0.15) is 0 Å². The average Bonchev–Trinajstić information content (AvgIpc) is 2.89. The van der Waals surface area contributed by atoms with Crippen LogP contribution in [-0.4, -0.2) is 36.5 Å². The molecule has 2 unspecified atom stereocenters. The van der Waals surface area contributed by atoms with Gasteiger partial charge in [0, 0.05) is 25.6 Å². The van der Waals surface area contributed by atoms with Gasteiger partial charge in [0.1, 0.15) is 0 Å². The molecule has 0 spiro atoms. The minimum Gasteiger partial charge on any atom is -0.343 e. The van der Waals surface area contributed by atoms with Gasteiger partial charge in [-0.15, -0.1) is 12.4 Å². The molecule has 2 saturated heterocycles. The minimum atomic E-state index is 0. The smallest absolute Gasteiger partial charge is 0.224 e. The predicted molar refractivity (Wildman–Crippen MR) is 92.5 cm³/mol. The van der Waals surface area contributed by atoms with Gasteiger partial charge < -0.3 is 10.2 Å². The van der Waals surface area contributed by atoms with Crippen molar-refractivity contribution in [3.05, 3.63) is 35.9 Å². The zero-order chi connectivity index (χ0) is 14.5. The van der Waals surface area contributed by atoms with Crippen LogP contribution in [0.15, 0.2) is 30.3 Å². The van der Waals surface area contributed by atoms with Crippen molar-refractivity contribution in [3.63, 3.8) is 0 Å². The number of benzene rings is 1. The molecular formula is C18H27ClN2O. The first-order chi connectivity index (χ1) is 10.3. The fourth-order valence-electron chi connectivity index (χ4n) is 3.68. The fourth-order valence-corrected chi connectivity index (χ4v) is 3.68. The van der Waals surface area contributed by atoms with Crippen molar-refractivity contribution in [3.8, 4) is 0 Å². The van der Waals surface area contributed by atoms with Crippen molar-refractivity contribution in [1.29, 1.82) is 0 Å². The maximum Gasteiger partial charge on any atom is 0.224 e. The lowest BCUT2D eigenvalue weighted by Crippen LogP contribution is -2.36. The van der Waals surface area contributed by atoms with E-state index in [2.05, 4.69) is 40.5 Å². The van der Waals surface area contributed by atoms with E-state index in [-0.39, 0.29) is 12.4 Å². The van der Waals surface area contributed by atoms with E-state index in [4.69, 9.17) is 0 Å². The van der Waals surface area contributed by atoms with Crippen LogP contribution in [0.3, 0.4) is 0 Å². The van der Waals surface area contributed by atoms with E-state index in [0.717, 1.165) is 38.9 Å². The summed E-state index contributed by atoms with van der Waals surface area (Å²) in [5, 5.41) is 3.43. The first kappa shape index (κ1) is 17.3. The molecule has 2 atom stereocenters. The van der Waals surface area contributed by atoms with Gasteiger partial charge in [0.2, 0.25) is 5.91 Å². The molecule has 2 aliphatic heterocycles. The largest absolute Gasteiger partial charge is 0.343 e. The number of amides is 1. The van der Waals surface area contributed by atoms with Crippen LogP contribution in [0.25, 0.3) is 0 Å². The highest BCUT2D eigenvalue weighted by Crippen LogP contribution is 2.28. The summed E-state index contributed by atoms with van der Waals surface area (Å²) in [6.07, 6.45) is 6.50. The Bertz CT molecular complexity index is 459. The van der Waals surface area contributed by atoms with Crippen LogP contribution in [0, 0.1) is 0 Å². The first-order valence-corrected chi connectivity index (χ1v) is 8.39. The lowest BCUT2D eigenvalue weighted by molar-refractivity contribution is -0.131. The zero-order valence-electron chi connectivity index (χ0n) is 13.2. The Morgan fingerprint density at radius 1 is 1.09 bits per heavy atom. The summed E-state index contributed by atoms with van der Waals surface area (Å²) in [4.78, 5) is 14.5. The van der Waals surface area contributed by atoms with E-state index in [1.807, 2.05) is 0 Å². The molecule has 0 radical (unpaired) electrons. The van der Waals surface area contributed by atoms with Crippen molar-refractivity contribution in [2.45, 2.75) is 50.5 Å². The summed E-state index contributed by atoms with van der Waals surface area (Å²) in [7, 11) is 0. The summed E-state index contributed by atoms with van der Waals surface area (Å²) >= 11 is 0. The van der Waals surface area contributed by atoms with E-state index < -0.39 is 0 Å². The van der Waals surface area contributed by atoms with Gasteiger partial charge in [0.25, 0.3) is 0 Å². The van der Waals surface area contributed by atoms with Crippen molar-refractivity contribution < 1.29 is 4.79 Å². The Balaban J connectivity index is 0.00000176. The summed E-state index contributed by atoms with van der Waals surface area (Å²) in [6, 6.07) is 11.2. The van der Waals surface area contributed by atoms with E-state index >= 15 is 0 Å². The van der Waals surface area contributed by atoms with Crippen molar-refractivity contribution in [2.24, 2.45) is 0 Å². The second-order valence-electron chi connectivity index (χ2n) is 6.42. The predicted octanol–water partition coefficient (Wildman–Crippen LogP) is 3.35. The number of carbonyl (C=O) groups is 1. The molecule has 1 amide bonds. The van der Waals surface area contributed by atoms with Crippen LogP contribution >= 0.6 is 12.4 Å². The highest BCUT2D eigenvalue weighted by Gasteiger charge is 2.24. The SMILES string of the molecule is Cl.O=C(CC1CCCN1)N1CCCC(c2ccccc2)CC1. The van der Waals surface area contributed by atoms with Gasteiger partial charge in [-0.05, 0) is 50.1 Å². The normalized spacial score (nSPS) is 25.4. The quantitative estimate of drug-likeness (QED) is 0.925. The monoisotopic (exact) mass is 322 g/mol. The van der Waals surface area contributed by atoms with Crippen molar-refractivity contribution in [2.75, 3.05) is 19.6 Å². The zero-order valence-corrected chi connectivity index (χ0v) is 14.0. The molecule has 22 heavy (non-hydrogen) atoms. The number of carbonyl (C=O) groups excluding carboxylic acids is 1. The lowest BCUT2D eigenvalue weighted by Gasteiger charge is -2.22. The Hall–Kier alpha value is -1.06. The second-order valence-corrected chi connectivity index (χ2v) is 6.42. The minimum absolute atomic E-state index is 0. The Labute approximate surface area is 139 Å². The van der Waals surface area contributed by atoms with Crippen LogP contribution in [0.2, 0.25) is 0 Å². The lowest BCUT2D eigenvalue weighted by atomic mass is 9.92. The molecule has 3 nitrogen and oxygen atoms in total. The standard InChI is InChI=1S/C18H26N2O.ClH/c21-18(14-17-9-4-11-19-17)20-12-5-8-16(10-13-20)15-6-2-1-3-7-15;/h1-3,6-7,16-17,19H,4-5,8-14H2;1H. The van der Waals surface area contributed by atoms with Crippen molar-refractivity contribution >= 4 is 18.3 Å². The van der Waals surface area contributed by atoms with Crippen LogP contribution in [0.4, 0.5) is 0 Å². The molecule has 122 valence electrons. The number of hydrogen-bond acceptors (Lipinski definition) is 2. The molecule has 0 saturated carbocycles. The van der Waals surface area contributed by atoms with E-state index in [1.165, 1.54) is 18.4 Å². The van der Waals surface area contributed by atoms with Crippen LogP contribution in [-0.2, 0) is 4.79 Å². The van der Waals surface area contributed by atoms with Crippen LogP contribution < -0.4 is 5.32 Å². The Morgan fingerprint density at radius 2 is 1.91 bits per heavy atom. The maximum absolute atomic E-state index is 12.4. The summed E-state index contributed by atoms with van der Waals surface area (Å²) < 4.78 is 0. The third kappa shape index (κ3) is 4.47. The van der Waals surface area contributed by atoms with Gasteiger partial charge in [-0.3, -0.25) is 4.79 Å². The molecule has 4 heteroatoms. The molecule has 0 aliphatic carbocycles. The van der Waals surface area contributed by atoms with Gasteiger partial charge in [-0.25, -0.2) is 0 Å². The molecule has 2 aliphatic rings. The van der Waals surface area contributed by atoms with E-state index in [9.17, 15) is 4.79 Å². The molecular weight excluding hydrogens is 296 g/mol. The van der Waals surface area contributed by atoms with Gasteiger partial charge in [0.05, 0.1) is 0 Å². The molecule has 1 N–H and O–H groups in total. The average molecular weight is 323 g/mol. The van der Waals surface area contributed by atoms with E-state index in [1.54, 1.807) is 0 Å². The van der Waals surface area contributed by atoms with Crippen molar-refractivity contribution in [1.82, 2.24) is 10.2 Å². The third-order valence-electron chi connectivity index (χ3n) is 4.94. The molecule has 1 aromatic rings. The summed E-state index contributed by atoms with van der Waals surface area (Å²) in [6.45, 7) is 2.94. The van der Waals surface area contributed by atoms with Crippen LogP contribution in [0.1, 0.15) is 50.0 Å². The number of nitrogens with zero attached hydrogens (tertiary/aromatic N) is 1. The van der Waals surface area contributed by atoms with Crippen LogP contribution in [0.5, 0.6) is 0 Å². The molecule has 0 aromatic heterocycles. The first-order valence-electron chi connectivity index (χ1n) is 8.39. The maximum atomic E-state index is 12.4. The number of likely N-dealkylation sites (tertiary alicyclic amines) is 1. The highest BCUT2D eigenvalue weighted by molar-refractivity contribution is 5.85. The molecule has 0 bridgehead atoms. The molecule has 3 rings (SSSR count). The molecule has 1 aromatic carbocycles. The second kappa shape index (κ2) is 8.54.